The molecule has 1 aliphatic rings. The Morgan fingerprint density at radius 3 is 2.36 bits per heavy atom. The van der Waals surface area contributed by atoms with Crippen LogP contribution in [0, 0.1) is 29.1 Å². The van der Waals surface area contributed by atoms with Crippen molar-refractivity contribution in [3.63, 3.8) is 0 Å². The predicted molar refractivity (Wildman–Crippen MR) is 133 cm³/mol. The van der Waals surface area contributed by atoms with Gasteiger partial charge in [-0.15, -0.1) is 0 Å². The molecule has 0 atom stereocenters. The van der Waals surface area contributed by atoms with Crippen molar-refractivity contribution in [1.29, 1.82) is 5.26 Å². The summed E-state index contributed by atoms with van der Waals surface area (Å²) in [6, 6.07) is 26.3. The van der Waals surface area contributed by atoms with Crippen LogP contribution in [0.2, 0.25) is 0 Å². The van der Waals surface area contributed by atoms with E-state index in [0.29, 0.717) is 5.56 Å². The SMILES string of the molecule is N#Cc1ccc(C#Cc2ccccc2-c2nc3ccccc3n2CCC2CCCCC2)cc1. The van der Waals surface area contributed by atoms with E-state index in [9.17, 15) is 0 Å². The van der Waals surface area contributed by atoms with E-state index in [2.05, 4.69) is 64.9 Å². The molecule has 0 amide bonds. The van der Waals surface area contributed by atoms with Gasteiger partial charge in [-0.25, -0.2) is 4.98 Å². The number of aromatic nitrogens is 2. The summed E-state index contributed by atoms with van der Waals surface area (Å²) >= 11 is 0. The summed E-state index contributed by atoms with van der Waals surface area (Å²) in [5, 5.41) is 9.02. The minimum atomic E-state index is 0.646. The van der Waals surface area contributed by atoms with Gasteiger partial charge in [0.05, 0.1) is 22.7 Å². The second kappa shape index (κ2) is 9.76. The Labute approximate surface area is 195 Å². The fourth-order valence-corrected chi connectivity index (χ4v) is 4.85. The molecule has 0 unspecified atom stereocenters. The largest absolute Gasteiger partial charge is 0.324 e. The maximum Gasteiger partial charge on any atom is 0.142 e. The second-order valence-electron chi connectivity index (χ2n) is 8.85. The average molecular weight is 430 g/mol. The number of aryl methyl sites for hydroxylation is 1. The number of fused-ring (bicyclic) bond motifs is 1. The van der Waals surface area contributed by atoms with Gasteiger partial charge in [-0.1, -0.05) is 68.2 Å². The van der Waals surface area contributed by atoms with E-state index in [0.717, 1.165) is 40.5 Å². The molecule has 3 heteroatoms. The molecule has 1 saturated carbocycles. The summed E-state index contributed by atoms with van der Waals surface area (Å²) in [6.45, 7) is 0.984. The van der Waals surface area contributed by atoms with Gasteiger partial charge in [-0.05, 0) is 60.9 Å². The van der Waals surface area contributed by atoms with Gasteiger partial charge in [-0.2, -0.15) is 5.26 Å². The quantitative estimate of drug-likeness (QED) is 0.330. The Kier molecular flexibility index (Phi) is 6.23. The van der Waals surface area contributed by atoms with Crippen molar-refractivity contribution >= 4 is 11.0 Å². The van der Waals surface area contributed by atoms with E-state index in [1.807, 2.05) is 18.2 Å². The highest BCUT2D eigenvalue weighted by Crippen LogP contribution is 2.31. The number of nitrogens with zero attached hydrogens (tertiary/aromatic N) is 3. The first-order chi connectivity index (χ1) is 16.3. The Hall–Kier alpha value is -3.82. The van der Waals surface area contributed by atoms with Gasteiger partial charge in [0.2, 0.25) is 0 Å². The van der Waals surface area contributed by atoms with Crippen LogP contribution >= 0.6 is 0 Å². The summed E-state index contributed by atoms with van der Waals surface area (Å²) < 4.78 is 2.40. The summed E-state index contributed by atoms with van der Waals surface area (Å²) in [5.41, 5.74) is 5.81. The molecule has 5 rings (SSSR count). The normalized spacial score (nSPS) is 13.9. The Balaban J connectivity index is 1.51. The third-order valence-electron chi connectivity index (χ3n) is 6.66. The Morgan fingerprint density at radius 1 is 0.818 bits per heavy atom. The number of hydrogen-bond acceptors (Lipinski definition) is 2. The molecule has 4 aromatic rings. The number of para-hydroxylation sites is 2. The molecule has 1 fully saturated rings. The van der Waals surface area contributed by atoms with Crippen molar-refractivity contribution in [1.82, 2.24) is 9.55 Å². The van der Waals surface area contributed by atoms with Gasteiger partial charge < -0.3 is 4.57 Å². The molecular formula is C30H27N3. The van der Waals surface area contributed by atoms with E-state index in [-0.39, 0.29) is 0 Å². The zero-order valence-corrected chi connectivity index (χ0v) is 18.8. The number of nitriles is 1. The van der Waals surface area contributed by atoms with Gasteiger partial charge in [-0.3, -0.25) is 0 Å². The van der Waals surface area contributed by atoms with E-state index >= 15 is 0 Å². The summed E-state index contributed by atoms with van der Waals surface area (Å²) in [6.07, 6.45) is 8.04. The maximum absolute atomic E-state index is 9.02. The van der Waals surface area contributed by atoms with E-state index < -0.39 is 0 Å². The van der Waals surface area contributed by atoms with E-state index in [1.54, 1.807) is 12.1 Å². The lowest BCUT2D eigenvalue weighted by atomic mass is 9.87. The molecule has 3 nitrogen and oxygen atoms in total. The van der Waals surface area contributed by atoms with E-state index in [4.69, 9.17) is 10.2 Å². The summed E-state index contributed by atoms with van der Waals surface area (Å²) in [5.74, 6) is 8.43. The van der Waals surface area contributed by atoms with Crippen LogP contribution < -0.4 is 0 Å². The molecule has 3 aromatic carbocycles. The minimum absolute atomic E-state index is 0.646. The highest BCUT2D eigenvalue weighted by molar-refractivity contribution is 5.82. The Morgan fingerprint density at radius 2 is 1.55 bits per heavy atom. The number of benzene rings is 3. The molecule has 1 aliphatic carbocycles. The molecule has 1 aromatic heterocycles. The number of imidazole rings is 1. The van der Waals surface area contributed by atoms with Crippen LogP contribution in [0.4, 0.5) is 0 Å². The fraction of sp³-hybridized carbons (Fsp3) is 0.267. The highest BCUT2D eigenvalue weighted by Gasteiger charge is 2.18. The molecule has 0 N–H and O–H groups in total. The molecule has 162 valence electrons. The van der Waals surface area contributed by atoms with Crippen LogP contribution in [0.3, 0.4) is 0 Å². The van der Waals surface area contributed by atoms with Crippen molar-refractivity contribution in [3.05, 3.63) is 89.5 Å². The predicted octanol–water partition coefficient (Wildman–Crippen LogP) is 6.95. The molecule has 0 aliphatic heterocycles. The molecule has 33 heavy (non-hydrogen) atoms. The van der Waals surface area contributed by atoms with Crippen molar-refractivity contribution < 1.29 is 0 Å². The van der Waals surface area contributed by atoms with Gasteiger partial charge in [0, 0.05) is 23.2 Å². The molecule has 0 bridgehead atoms. The monoisotopic (exact) mass is 429 g/mol. The average Bonchev–Trinajstić information content (AvgIpc) is 3.25. The second-order valence-corrected chi connectivity index (χ2v) is 8.85. The van der Waals surface area contributed by atoms with Crippen LogP contribution in [-0.4, -0.2) is 9.55 Å². The smallest absolute Gasteiger partial charge is 0.142 e. The van der Waals surface area contributed by atoms with Gasteiger partial charge in [0.15, 0.2) is 0 Å². The van der Waals surface area contributed by atoms with Crippen LogP contribution in [0.15, 0.2) is 72.8 Å². The number of rotatable bonds is 4. The van der Waals surface area contributed by atoms with Gasteiger partial charge in [0.1, 0.15) is 5.82 Å². The molecule has 0 saturated heterocycles. The van der Waals surface area contributed by atoms with Crippen LogP contribution in [0.25, 0.3) is 22.4 Å². The lowest BCUT2D eigenvalue weighted by molar-refractivity contribution is 0.326. The lowest BCUT2D eigenvalue weighted by Crippen LogP contribution is -2.11. The molecule has 0 radical (unpaired) electrons. The van der Waals surface area contributed by atoms with Gasteiger partial charge in [0.25, 0.3) is 0 Å². The van der Waals surface area contributed by atoms with Crippen molar-refractivity contribution in [3.8, 4) is 29.3 Å². The zero-order valence-electron chi connectivity index (χ0n) is 18.8. The minimum Gasteiger partial charge on any atom is -0.324 e. The topological polar surface area (TPSA) is 41.6 Å². The first-order valence-corrected chi connectivity index (χ1v) is 11.9. The van der Waals surface area contributed by atoms with Crippen molar-refractivity contribution in [2.45, 2.75) is 45.1 Å². The van der Waals surface area contributed by atoms with Crippen molar-refractivity contribution in [2.75, 3.05) is 0 Å². The van der Waals surface area contributed by atoms with E-state index in [1.165, 1.54) is 44.0 Å². The number of hydrogen-bond donors (Lipinski definition) is 0. The maximum atomic E-state index is 9.02. The fourth-order valence-electron chi connectivity index (χ4n) is 4.85. The zero-order chi connectivity index (χ0) is 22.5. The standard InChI is InChI=1S/C30H27N3/c31-22-25-16-14-24(15-17-25)18-19-26-10-4-5-11-27(26)30-32-28-12-6-7-13-29(28)33(30)21-20-23-8-2-1-3-9-23/h4-7,10-17,23H,1-3,8-9,20-21H2. The molecule has 1 heterocycles. The third kappa shape index (κ3) is 4.69. The molecule has 0 spiro atoms. The summed E-state index contributed by atoms with van der Waals surface area (Å²) in [4.78, 5) is 5.04. The van der Waals surface area contributed by atoms with Crippen molar-refractivity contribution in [2.24, 2.45) is 5.92 Å². The Bertz CT molecular complexity index is 1350. The van der Waals surface area contributed by atoms with Crippen LogP contribution in [0.1, 0.15) is 55.2 Å². The van der Waals surface area contributed by atoms with Crippen LogP contribution in [-0.2, 0) is 6.54 Å². The summed E-state index contributed by atoms with van der Waals surface area (Å²) in [7, 11) is 0. The van der Waals surface area contributed by atoms with Gasteiger partial charge >= 0.3 is 0 Å². The first kappa shape index (κ1) is 21.0. The first-order valence-electron chi connectivity index (χ1n) is 11.9. The highest BCUT2D eigenvalue weighted by atomic mass is 15.1. The lowest BCUT2D eigenvalue weighted by Gasteiger charge is -2.22. The molecular weight excluding hydrogens is 402 g/mol. The van der Waals surface area contributed by atoms with Crippen LogP contribution in [0.5, 0.6) is 0 Å². The third-order valence-corrected chi connectivity index (χ3v) is 6.66.